The molecule has 0 spiro atoms. The second-order valence-electron chi connectivity index (χ2n) is 4.88. The standard InChI is InChI=1S/C15H19Cl2NO3/c1-4-9(2)14(15(20)21-3)18-13(19)8-10-5-6-11(16)12(17)7-10/h5-7,9,14H,4,8H2,1-3H3,(H,18,19)/t9-,14-/m0/s1. The Morgan fingerprint density at radius 2 is 1.95 bits per heavy atom. The van der Waals surface area contributed by atoms with Gasteiger partial charge in [-0.3, -0.25) is 4.79 Å². The van der Waals surface area contributed by atoms with Crippen LogP contribution in [0.5, 0.6) is 0 Å². The third kappa shape index (κ3) is 5.21. The predicted molar refractivity (Wildman–Crippen MR) is 83.6 cm³/mol. The number of halogens is 2. The number of benzene rings is 1. The Morgan fingerprint density at radius 3 is 2.48 bits per heavy atom. The summed E-state index contributed by atoms with van der Waals surface area (Å²) in [5, 5.41) is 3.55. The molecule has 4 nitrogen and oxygen atoms in total. The molecule has 21 heavy (non-hydrogen) atoms. The molecule has 1 amide bonds. The van der Waals surface area contributed by atoms with Gasteiger partial charge in [0.25, 0.3) is 0 Å². The van der Waals surface area contributed by atoms with Crippen LogP contribution in [0.4, 0.5) is 0 Å². The Bertz CT molecular complexity index is 520. The minimum atomic E-state index is -0.643. The summed E-state index contributed by atoms with van der Waals surface area (Å²) in [5.41, 5.74) is 0.731. The van der Waals surface area contributed by atoms with Crippen LogP contribution in [0.3, 0.4) is 0 Å². The largest absolute Gasteiger partial charge is 0.467 e. The summed E-state index contributed by atoms with van der Waals surface area (Å²) in [6, 6.07) is 4.36. The van der Waals surface area contributed by atoms with Crippen molar-refractivity contribution >= 4 is 35.1 Å². The monoisotopic (exact) mass is 331 g/mol. The number of amides is 1. The van der Waals surface area contributed by atoms with E-state index in [1.807, 2.05) is 13.8 Å². The third-order valence-electron chi connectivity index (χ3n) is 3.33. The van der Waals surface area contributed by atoms with Gasteiger partial charge in [-0.1, -0.05) is 49.5 Å². The highest BCUT2D eigenvalue weighted by molar-refractivity contribution is 6.42. The van der Waals surface area contributed by atoms with Gasteiger partial charge < -0.3 is 10.1 Å². The molecule has 0 fully saturated rings. The number of ether oxygens (including phenoxy) is 1. The molecule has 1 N–H and O–H groups in total. The molecule has 0 heterocycles. The highest BCUT2D eigenvalue weighted by Gasteiger charge is 2.26. The van der Waals surface area contributed by atoms with Crippen molar-refractivity contribution in [2.24, 2.45) is 5.92 Å². The first kappa shape index (κ1) is 17.8. The summed E-state index contributed by atoms with van der Waals surface area (Å²) < 4.78 is 4.73. The average Bonchev–Trinajstić information content (AvgIpc) is 2.47. The van der Waals surface area contributed by atoms with Crippen LogP contribution in [-0.2, 0) is 20.7 Å². The molecular weight excluding hydrogens is 313 g/mol. The van der Waals surface area contributed by atoms with Crippen LogP contribution in [0.15, 0.2) is 18.2 Å². The van der Waals surface area contributed by atoms with Gasteiger partial charge in [0.2, 0.25) is 5.91 Å². The van der Waals surface area contributed by atoms with Crippen molar-refractivity contribution in [3.8, 4) is 0 Å². The molecule has 0 bridgehead atoms. The van der Waals surface area contributed by atoms with Gasteiger partial charge in [-0.05, 0) is 23.6 Å². The molecule has 0 unspecified atom stereocenters. The van der Waals surface area contributed by atoms with Crippen LogP contribution in [0.1, 0.15) is 25.8 Å². The molecule has 1 aromatic rings. The van der Waals surface area contributed by atoms with E-state index in [-0.39, 0.29) is 18.2 Å². The van der Waals surface area contributed by atoms with Gasteiger partial charge in [0, 0.05) is 0 Å². The average molecular weight is 332 g/mol. The number of hydrogen-bond acceptors (Lipinski definition) is 3. The molecule has 0 saturated heterocycles. The SMILES string of the molecule is CC[C@H](C)[C@H](NC(=O)Cc1ccc(Cl)c(Cl)c1)C(=O)OC. The molecular formula is C15H19Cl2NO3. The maximum absolute atomic E-state index is 12.1. The molecule has 0 aliphatic rings. The summed E-state index contributed by atoms with van der Waals surface area (Å²) in [4.78, 5) is 23.8. The third-order valence-corrected chi connectivity index (χ3v) is 4.07. The van der Waals surface area contributed by atoms with Gasteiger partial charge >= 0.3 is 5.97 Å². The van der Waals surface area contributed by atoms with E-state index in [9.17, 15) is 9.59 Å². The summed E-state index contributed by atoms with van der Waals surface area (Å²) >= 11 is 11.7. The van der Waals surface area contributed by atoms with Crippen LogP contribution in [0.25, 0.3) is 0 Å². The van der Waals surface area contributed by atoms with E-state index in [2.05, 4.69) is 5.32 Å². The first-order valence-electron chi connectivity index (χ1n) is 6.70. The topological polar surface area (TPSA) is 55.4 Å². The smallest absolute Gasteiger partial charge is 0.328 e. The van der Waals surface area contributed by atoms with E-state index in [4.69, 9.17) is 27.9 Å². The highest BCUT2D eigenvalue weighted by Crippen LogP contribution is 2.22. The van der Waals surface area contributed by atoms with Gasteiger partial charge in [-0.25, -0.2) is 4.79 Å². The molecule has 0 aliphatic carbocycles. The normalized spacial score (nSPS) is 13.4. The molecule has 6 heteroatoms. The minimum absolute atomic E-state index is 0.00444. The van der Waals surface area contributed by atoms with Gasteiger partial charge in [0.05, 0.1) is 23.6 Å². The fourth-order valence-electron chi connectivity index (χ4n) is 1.86. The van der Waals surface area contributed by atoms with Crippen molar-refractivity contribution in [3.05, 3.63) is 33.8 Å². The minimum Gasteiger partial charge on any atom is -0.467 e. The van der Waals surface area contributed by atoms with Crippen molar-refractivity contribution < 1.29 is 14.3 Å². The lowest BCUT2D eigenvalue weighted by molar-refractivity contribution is -0.146. The lowest BCUT2D eigenvalue weighted by atomic mass is 9.99. The van der Waals surface area contributed by atoms with E-state index >= 15 is 0 Å². The Labute approximate surface area is 134 Å². The second kappa shape index (κ2) is 8.25. The summed E-state index contributed by atoms with van der Waals surface area (Å²) in [6.45, 7) is 3.84. The Kier molecular flexibility index (Phi) is 6.99. The van der Waals surface area contributed by atoms with Gasteiger partial charge in [0.15, 0.2) is 0 Å². The van der Waals surface area contributed by atoms with Crippen molar-refractivity contribution in [2.45, 2.75) is 32.7 Å². The van der Waals surface area contributed by atoms with Crippen LogP contribution in [-0.4, -0.2) is 25.0 Å². The Balaban J connectivity index is 2.73. The molecule has 116 valence electrons. The fourth-order valence-corrected chi connectivity index (χ4v) is 2.18. The number of carbonyl (C=O) groups excluding carboxylic acids is 2. The molecule has 2 atom stereocenters. The molecule has 0 aromatic heterocycles. The maximum Gasteiger partial charge on any atom is 0.328 e. The summed E-state index contributed by atoms with van der Waals surface area (Å²) in [7, 11) is 1.31. The summed E-state index contributed by atoms with van der Waals surface area (Å²) in [6.07, 6.45) is 0.883. The first-order chi connectivity index (χ1) is 9.88. The van der Waals surface area contributed by atoms with Crippen molar-refractivity contribution in [3.63, 3.8) is 0 Å². The second-order valence-corrected chi connectivity index (χ2v) is 5.69. The van der Waals surface area contributed by atoms with Crippen molar-refractivity contribution in [1.82, 2.24) is 5.32 Å². The maximum atomic E-state index is 12.1. The summed E-state index contributed by atoms with van der Waals surface area (Å²) in [5.74, 6) is -0.703. The fraction of sp³-hybridized carbons (Fsp3) is 0.467. The molecule has 1 rings (SSSR count). The first-order valence-corrected chi connectivity index (χ1v) is 7.45. The number of carbonyl (C=O) groups is 2. The van der Waals surface area contributed by atoms with Crippen LogP contribution < -0.4 is 5.32 Å². The number of rotatable bonds is 6. The zero-order chi connectivity index (χ0) is 16.0. The van der Waals surface area contributed by atoms with Gasteiger partial charge in [0.1, 0.15) is 6.04 Å². The lowest BCUT2D eigenvalue weighted by Crippen LogP contribution is -2.46. The van der Waals surface area contributed by atoms with E-state index < -0.39 is 12.0 Å². The predicted octanol–water partition coefficient (Wildman–Crippen LogP) is 3.24. The number of nitrogens with one attached hydrogen (secondary N) is 1. The van der Waals surface area contributed by atoms with Crippen LogP contribution in [0, 0.1) is 5.92 Å². The van der Waals surface area contributed by atoms with Crippen LogP contribution in [0.2, 0.25) is 10.0 Å². The van der Waals surface area contributed by atoms with E-state index in [1.165, 1.54) is 7.11 Å². The molecule has 0 radical (unpaired) electrons. The van der Waals surface area contributed by atoms with Gasteiger partial charge in [-0.15, -0.1) is 0 Å². The zero-order valence-corrected chi connectivity index (χ0v) is 13.8. The zero-order valence-electron chi connectivity index (χ0n) is 12.3. The lowest BCUT2D eigenvalue weighted by Gasteiger charge is -2.21. The molecule has 0 saturated carbocycles. The van der Waals surface area contributed by atoms with E-state index in [1.54, 1.807) is 18.2 Å². The number of esters is 1. The van der Waals surface area contributed by atoms with Crippen molar-refractivity contribution in [2.75, 3.05) is 7.11 Å². The van der Waals surface area contributed by atoms with E-state index in [0.717, 1.165) is 12.0 Å². The molecule has 0 aliphatic heterocycles. The van der Waals surface area contributed by atoms with Crippen LogP contribution >= 0.6 is 23.2 Å². The number of methoxy groups -OCH3 is 1. The molecule has 1 aromatic carbocycles. The number of hydrogen-bond donors (Lipinski definition) is 1. The van der Waals surface area contributed by atoms with E-state index in [0.29, 0.717) is 10.0 Å². The van der Waals surface area contributed by atoms with Crippen molar-refractivity contribution in [1.29, 1.82) is 0 Å². The highest BCUT2D eigenvalue weighted by atomic mass is 35.5. The Morgan fingerprint density at radius 1 is 1.29 bits per heavy atom. The van der Waals surface area contributed by atoms with Gasteiger partial charge in [-0.2, -0.15) is 0 Å². The quantitative estimate of drug-likeness (QED) is 0.814. The Hall–Kier alpha value is -1.26.